The summed E-state index contributed by atoms with van der Waals surface area (Å²) < 4.78 is 1.71. The zero-order chi connectivity index (χ0) is 16.7. The molecule has 1 aliphatic heterocycles. The van der Waals surface area contributed by atoms with Crippen LogP contribution in [0.3, 0.4) is 0 Å². The van der Waals surface area contributed by atoms with Gasteiger partial charge in [-0.1, -0.05) is 26.2 Å². The number of nitrogens with one attached hydrogen (secondary N) is 1. The highest BCUT2D eigenvalue weighted by Gasteiger charge is 2.27. The summed E-state index contributed by atoms with van der Waals surface area (Å²) in [5.41, 5.74) is 0.861. The van der Waals surface area contributed by atoms with Crippen LogP contribution in [0.25, 0.3) is 0 Å². The molecule has 0 radical (unpaired) electrons. The first-order valence-corrected chi connectivity index (χ1v) is 8.40. The van der Waals surface area contributed by atoms with Crippen LogP contribution in [0, 0.1) is 0 Å². The standard InChI is InChI=1S/C16H28N6O/c1-4-5-6-7-8-18-16(17-2)21-9-10-22(15(23)13-21)14-11-19-20(3)12-14/h11-12H,4-10,13H2,1-3H3,(H,17,18). The molecular formula is C16H28N6O. The van der Waals surface area contributed by atoms with E-state index >= 15 is 0 Å². The Bertz CT molecular complexity index is 538. The molecule has 0 saturated carbocycles. The molecule has 0 bridgehead atoms. The first kappa shape index (κ1) is 17.3. The third kappa shape index (κ3) is 4.71. The second kappa shape index (κ2) is 8.55. The maximum absolute atomic E-state index is 12.4. The van der Waals surface area contributed by atoms with Gasteiger partial charge in [0.25, 0.3) is 0 Å². The fraction of sp³-hybridized carbons (Fsp3) is 0.688. The summed E-state index contributed by atoms with van der Waals surface area (Å²) in [6.45, 7) is 4.89. The molecule has 1 aliphatic rings. The Kier molecular flexibility index (Phi) is 6.43. The molecule has 1 saturated heterocycles. The Morgan fingerprint density at radius 3 is 2.78 bits per heavy atom. The number of amides is 1. The maximum Gasteiger partial charge on any atom is 0.246 e. The van der Waals surface area contributed by atoms with Crippen LogP contribution in [0.5, 0.6) is 0 Å². The number of carbonyl (C=O) groups excluding carboxylic acids is 1. The SMILES string of the molecule is CCCCCCNC(=NC)N1CCN(c2cnn(C)c2)C(=O)C1. The van der Waals surface area contributed by atoms with Crippen molar-refractivity contribution >= 4 is 17.6 Å². The molecule has 0 aromatic carbocycles. The molecule has 1 aromatic rings. The van der Waals surface area contributed by atoms with E-state index in [9.17, 15) is 4.79 Å². The highest BCUT2D eigenvalue weighted by Crippen LogP contribution is 2.16. The van der Waals surface area contributed by atoms with E-state index in [1.807, 2.05) is 18.1 Å². The van der Waals surface area contributed by atoms with Crippen LogP contribution < -0.4 is 10.2 Å². The molecule has 1 aromatic heterocycles. The number of nitrogens with zero attached hydrogens (tertiary/aromatic N) is 5. The average molecular weight is 320 g/mol. The molecular weight excluding hydrogens is 292 g/mol. The number of aromatic nitrogens is 2. The number of unbranched alkanes of at least 4 members (excludes halogenated alkanes) is 3. The molecule has 0 aliphatic carbocycles. The molecule has 2 rings (SSSR count). The monoisotopic (exact) mass is 320 g/mol. The van der Waals surface area contributed by atoms with Crippen LogP contribution in [0.4, 0.5) is 5.69 Å². The Hall–Kier alpha value is -2.05. The summed E-state index contributed by atoms with van der Waals surface area (Å²) in [5.74, 6) is 0.902. The summed E-state index contributed by atoms with van der Waals surface area (Å²) in [6.07, 6.45) is 8.47. The number of rotatable bonds is 6. The summed E-state index contributed by atoms with van der Waals surface area (Å²) in [6, 6.07) is 0. The highest BCUT2D eigenvalue weighted by molar-refractivity contribution is 5.98. The predicted molar refractivity (Wildman–Crippen MR) is 92.6 cm³/mol. The van der Waals surface area contributed by atoms with Gasteiger partial charge in [0.05, 0.1) is 11.9 Å². The number of aryl methyl sites for hydroxylation is 1. The second-order valence-corrected chi connectivity index (χ2v) is 5.87. The Balaban J connectivity index is 1.84. The van der Waals surface area contributed by atoms with Crippen LogP contribution in [0.15, 0.2) is 17.4 Å². The quantitative estimate of drug-likeness (QED) is 0.486. The number of piperazine rings is 1. The van der Waals surface area contributed by atoms with Crippen molar-refractivity contribution in [3.05, 3.63) is 12.4 Å². The van der Waals surface area contributed by atoms with Gasteiger partial charge in [-0.2, -0.15) is 5.10 Å². The topological polar surface area (TPSA) is 65.8 Å². The summed E-state index contributed by atoms with van der Waals surface area (Å²) >= 11 is 0. The van der Waals surface area contributed by atoms with Crippen LogP contribution in [0.2, 0.25) is 0 Å². The lowest BCUT2D eigenvalue weighted by Crippen LogP contribution is -2.55. The van der Waals surface area contributed by atoms with Crippen molar-refractivity contribution in [3.63, 3.8) is 0 Å². The van der Waals surface area contributed by atoms with Gasteiger partial charge < -0.3 is 15.1 Å². The molecule has 0 atom stereocenters. The molecule has 128 valence electrons. The zero-order valence-corrected chi connectivity index (χ0v) is 14.5. The van der Waals surface area contributed by atoms with E-state index in [0.29, 0.717) is 13.1 Å². The van der Waals surface area contributed by atoms with Gasteiger partial charge in [0, 0.05) is 39.9 Å². The molecule has 1 N–H and O–H groups in total. The van der Waals surface area contributed by atoms with Gasteiger partial charge >= 0.3 is 0 Å². The lowest BCUT2D eigenvalue weighted by molar-refractivity contribution is -0.120. The average Bonchev–Trinajstić information content (AvgIpc) is 2.97. The Labute approximate surface area is 138 Å². The molecule has 0 spiro atoms. The zero-order valence-electron chi connectivity index (χ0n) is 14.5. The first-order chi connectivity index (χ1) is 11.2. The number of guanidine groups is 1. The van der Waals surface area contributed by atoms with Crippen molar-refractivity contribution in [2.45, 2.75) is 32.6 Å². The van der Waals surface area contributed by atoms with Crippen molar-refractivity contribution in [1.82, 2.24) is 20.0 Å². The van der Waals surface area contributed by atoms with Gasteiger partial charge in [0.1, 0.15) is 6.54 Å². The van der Waals surface area contributed by atoms with Gasteiger partial charge in [-0.15, -0.1) is 0 Å². The summed E-state index contributed by atoms with van der Waals surface area (Å²) in [5, 5.41) is 7.50. The lowest BCUT2D eigenvalue weighted by Gasteiger charge is -2.35. The normalized spacial score (nSPS) is 16.1. The molecule has 0 unspecified atom stereocenters. The fourth-order valence-electron chi connectivity index (χ4n) is 2.76. The number of carbonyl (C=O) groups is 1. The number of aliphatic imine (C=N–C) groups is 1. The fourth-order valence-corrected chi connectivity index (χ4v) is 2.76. The second-order valence-electron chi connectivity index (χ2n) is 5.87. The molecule has 7 nitrogen and oxygen atoms in total. The smallest absolute Gasteiger partial charge is 0.246 e. The molecule has 1 fully saturated rings. The van der Waals surface area contributed by atoms with Crippen LogP contribution in [-0.4, -0.2) is 59.8 Å². The van der Waals surface area contributed by atoms with E-state index in [1.165, 1.54) is 19.3 Å². The molecule has 1 amide bonds. The predicted octanol–water partition coefficient (Wildman–Crippen LogP) is 1.22. The minimum atomic E-state index is 0.0817. The van der Waals surface area contributed by atoms with Gasteiger partial charge in [0.2, 0.25) is 5.91 Å². The Morgan fingerprint density at radius 1 is 1.35 bits per heavy atom. The molecule has 7 heteroatoms. The largest absolute Gasteiger partial charge is 0.356 e. The lowest BCUT2D eigenvalue weighted by atomic mass is 10.2. The van der Waals surface area contributed by atoms with E-state index in [0.717, 1.165) is 31.2 Å². The van der Waals surface area contributed by atoms with Gasteiger partial charge in [-0.25, -0.2) is 0 Å². The third-order valence-electron chi connectivity index (χ3n) is 4.05. The number of hydrogen-bond donors (Lipinski definition) is 1. The van der Waals surface area contributed by atoms with Crippen molar-refractivity contribution in [2.75, 3.05) is 38.1 Å². The number of anilines is 1. The van der Waals surface area contributed by atoms with Gasteiger partial charge in [-0.3, -0.25) is 14.5 Å². The van der Waals surface area contributed by atoms with E-state index in [1.54, 1.807) is 22.8 Å². The number of hydrogen-bond acceptors (Lipinski definition) is 3. The highest BCUT2D eigenvalue weighted by atomic mass is 16.2. The van der Waals surface area contributed by atoms with Crippen molar-refractivity contribution in [2.24, 2.45) is 12.0 Å². The Morgan fingerprint density at radius 2 is 2.17 bits per heavy atom. The van der Waals surface area contributed by atoms with Gasteiger partial charge in [-0.05, 0) is 6.42 Å². The minimum absolute atomic E-state index is 0.0817. The van der Waals surface area contributed by atoms with Crippen molar-refractivity contribution in [1.29, 1.82) is 0 Å². The van der Waals surface area contributed by atoms with E-state index in [2.05, 4.69) is 22.3 Å². The van der Waals surface area contributed by atoms with E-state index in [-0.39, 0.29) is 5.91 Å². The minimum Gasteiger partial charge on any atom is -0.356 e. The maximum atomic E-state index is 12.4. The van der Waals surface area contributed by atoms with Crippen LogP contribution in [-0.2, 0) is 11.8 Å². The van der Waals surface area contributed by atoms with Crippen LogP contribution >= 0.6 is 0 Å². The summed E-state index contributed by atoms with van der Waals surface area (Å²) in [7, 11) is 3.63. The third-order valence-corrected chi connectivity index (χ3v) is 4.05. The van der Waals surface area contributed by atoms with E-state index < -0.39 is 0 Å². The summed E-state index contributed by atoms with van der Waals surface area (Å²) in [4.78, 5) is 20.5. The van der Waals surface area contributed by atoms with Crippen molar-refractivity contribution < 1.29 is 4.79 Å². The molecule has 23 heavy (non-hydrogen) atoms. The molecule has 2 heterocycles. The van der Waals surface area contributed by atoms with Crippen LogP contribution in [0.1, 0.15) is 32.6 Å². The first-order valence-electron chi connectivity index (χ1n) is 8.40. The van der Waals surface area contributed by atoms with Crippen molar-refractivity contribution in [3.8, 4) is 0 Å². The van der Waals surface area contributed by atoms with Gasteiger partial charge in [0.15, 0.2) is 5.96 Å². The van der Waals surface area contributed by atoms with E-state index in [4.69, 9.17) is 0 Å².